The molecular formula is C8H12N2S3. The van der Waals surface area contributed by atoms with Gasteiger partial charge in [-0.2, -0.15) is 5.10 Å². The molecule has 13 heavy (non-hydrogen) atoms. The highest BCUT2D eigenvalue weighted by atomic mass is 32.2. The Labute approximate surface area is 91.1 Å². The molecule has 5 heteroatoms. The zero-order valence-corrected chi connectivity index (χ0v) is 9.73. The predicted octanol–water partition coefficient (Wildman–Crippen LogP) is 3.63. The molecule has 1 heterocycles. The Morgan fingerprint density at radius 3 is 2.77 bits per heavy atom. The monoisotopic (exact) mass is 232 g/mol. The lowest BCUT2D eigenvalue weighted by Crippen LogP contribution is -2.07. The summed E-state index contributed by atoms with van der Waals surface area (Å²) in [5.74, 6) is 0. The van der Waals surface area contributed by atoms with Gasteiger partial charge in [-0.15, -0.1) is 0 Å². The molecule has 0 amide bonds. The predicted molar refractivity (Wildman–Crippen MR) is 60.0 cm³/mol. The minimum absolute atomic E-state index is 0.780. The molecule has 0 aromatic carbocycles. The molecule has 0 aliphatic heterocycles. The molecule has 1 aromatic rings. The summed E-state index contributed by atoms with van der Waals surface area (Å²) in [6.07, 6.45) is 6.86. The van der Waals surface area contributed by atoms with Gasteiger partial charge in [0.2, 0.25) is 0 Å². The first kappa shape index (κ1) is 9.68. The zero-order chi connectivity index (χ0) is 9.10. The van der Waals surface area contributed by atoms with E-state index in [0.29, 0.717) is 0 Å². The second kappa shape index (κ2) is 4.57. The van der Waals surface area contributed by atoms with Gasteiger partial charge >= 0.3 is 0 Å². The van der Waals surface area contributed by atoms with Gasteiger partial charge < -0.3 is 0 Å². The summed E-state index contributed by atoms with van der Waals surface area (Å²) in [7, 11) is 0. The van der Waals surface area contributed by atoms with E-state index in [-0.39, 0.29) is 0 Å². The van der Waals surface area contributed by atoms with Crippen molar-refractivity contribution in [1.82, 2.24) is 10.2 Å². The zero-order valence-electron chi connectivity index (χ0n) is 7.28. The number of thioether (sulfide) groups is 1. The average molecular weight is 232 g/mol. The van der Waals surface area contributed by atoms with E-state index in [0.717, 1.165) is 13.5 Å². The van der Waals surface area contributed by atoms with Crippen LogP contribution in [0.3, 0.4) is 0 Å². The van der Waals surface area contributed by atoms with Crippen LogP contribution in [-0.2, 0) is 0 Å². The lowest BCUT2D eigenvalue weighted by Gasteiger charge is -2.19. The Kier molecular flexibility index (Phi) is 3.40. The first-order valence-corrected chi connectivity index (χ1v) is 6.67. The summed E-state index contributed by atoms with van der Waals surface area (Å²) in [5, 5.41) is 7.76. The molecule has 0 unspecified atom stereocenters. The van der Waals surface area contributed by atoms with Gasteiger partial charge in [-0.1, -0.05) is 42.4 Å². The Bertz CT molecular complexity index is 311. The highest BCUT2D eigenvalue weighted by molar-refractivity contribution is 8.01. The van der Waals surface area contributed by atoms with Gasteiger partial charge in [-0.25, -0.2) is 0 Å². The first-order valence-electron chi connectivity index (χ1n) is 4.57. The quantitative estimate of drug-likeness (QED) is 0.789. The summed E-state index contributed by atoms with van der Waals surface area (Å²) in [5.41, 5.74) is 0. The van der Waals surface area contributed by atoms with Crippen molar-refractivity contribution in [2.45, 2.75) is 41.7 Å². The molecule has 0 saturated heterocycles. The van der Waals surface area contributed by atoms with Crippen LogP contribution < -0.4 is 0 Å². The van der Waals surface area contributed by atoms with Crippen molar-refractivity contribution in [2.24, 2.45) is 0 Å². The fourth-order valence-electron chi connectivity index (χ4n) is 1.59. The topological polar surface area (TPSA) is 28.7 Å². The van der Waals surface area contributed by atoms with Gasteiger partial charge in [0.15, 0.2) is 8.29 Å². The van der Waals surface area contributed by atoms with Crippen LogP contribution in [-0.4, -0.2) is 15.4 Å². The molecule has 1 aliphatic rings. The highest BCUT2D eigenvalue weighted by Gasteiger charge is 2.15. The van der Waals surface area contributed by atoms with Crippen molar-refractivity contribution >= 4 is 35.3 Å². The minimum Gasteiger partial charge on any atom is -0.257 e. The molecule has 1 aromatic heterocycles. The number of aromatic nitrogens is 2. The van der Waals surface area contributed by atoms with Crippen LogP contribution in [0.1, 0.15) is 32.1 Å². The van der Waals surface area contributed by atoms with E-state index in [1.165, 1.54) is 32.1 Å². The van der Waals surface area contributed by atoms with Gasteiger partial charge in [-0.3, -0.25) is 5.10 Å². The van der Waals surface area contributed by atoms with Crippen molar-refractivity contribution in [2.75, 3.05) is 0 Å². The van der Waals surface area contributed by atoms with Gasteiger partial charge in [0.1, 0.15) is 0 Å². The summed E-state index contributed by atoms with van der Waals surface area (Å²) >= 11 is 8.48. The molecule has 0 spiro atoms. The Morgan fingerprint density at radius 2 is 2.15 bits per heavy atom. The number of rotatable bonds is 2. The first-order chi connectivity index (χ1) is 6.34. The van der Waals surface area contributed by atoms with E-state index in [9.17, 15) is 0 Å². The van der Waals surface area contributed by atoms with Crippen molar-refractivity contribution in [3.05, 3.63) is 3.95 Å². The van der Waals surface area contributed by atoms with E-state index < -0.39 is 0 Å². The number of aromatic amines is 1. The van der Waals surface area contributed by atoms with Crippen LogP contribution >= 0.6 is 35.3 Å². The fraction of sp³-hybridized carbons (Fsp3) is 0.750. The Morgan fingerprint density at radius 1 is 1.38 bits per heavy atom. The Hall–Kier alpha value is 0.130. The smallest absolute Gasteiger partial charge is 0.177 e. The molecule has 0 atom stereocenters. The Balaban J connectivity index is 1.93. The van der Waals surface area contributed by atoms with E-state index in [1.54, 1.807) is 11.3 Å². The summed E-state index contributed by atoms with van der Waals surface area (Å²) < 4.78 is 1.90. The fourth-order valence-corrected chi connectivity index (χ4v) is 4.18. The van der Waals surface area contributed by atoms with E-state index in [1.807, 2.05) is 11.8 Å². The number of nitrogens with zero attached hydrogens (tertiary/aromatic N) is 1. The van der Waals surface area contributed by atoms with Crippen molar-refractivity contribution in [3.63, 3.8) is 0 Å². The van der Waals surface area contributed by atoms with Crippen LogP contribution in [0, 0.1) is 3.95 Å². The van der Waals surface area contributed by atoms with Crippen LogP contribution in [0.25, 0.3) is 0 Å². The second-order valence-corrected chi connectivity index (χ2v) is 6.47. The molecule has 0 bridgehead atoms. The molecule has 1 aliphatic carbocycles. The molecule has 72 valence electrons. The van der Waals surface area contributed by atoms with Crippen LogP contribution in [0.5, 0.6) is 0 Å². The maximum absolute atomic E-state index is 4.99. The SMILES string of the molecule is S=c1[nH]nc(SC2CCCCC2)s1. The third kappa shape index (κ3) is 2.79. The molecule has 1 fully saturated rings. The lowest BCUT2D eigenvalue weighted by molar-refractivity contribution is 0.516. The average Bonchev–Trinajstić information content (AvgIpc) is 2.53. The van der Waals surface area contributed by atoms with Crippen LogP contribution in [0.4, 0.5) is 0 Å². The second-order valence-electron chi connectivity index (χ2n) is 3.26. The van der Waals surface area contributed by atoms with Crippen molar-refractivity contribution in [1.29, 1.82) is 0 Å². The lowest BCUT2D eigenvalue weighted by atomic mass is 10.0. The molecule has 2 nitrogen and oxygen atoms in total. The normalized spacial score (nSPS) is 19.1. The molecule has 2 rings (SSSR count). The third-order valence-electron chi connectivity index (χ3n) is 2.24. The largest absolute Gasteiger partial charge is 0.257 e. The number of hydrogen-bond acceptors (Lipinski definition) is 4. The van der Waals surface area contributed by atoms with Crippen LogP contribution in [0.2, 0.25) is 0 Å². The van der Waals surface area contributed by atoms with E-state index >= 15 is 0 Å². The summed E-state index contributed by atoms with van der Waals surface area (Å²) in [4.78, 5) is 0. The highest BCUT2D eigenvalue weighted by Crippen LogP contribution is 2.34. The third-order valence-corrected chi connectivity index (χ3v) is 4.76. The standard InChI is InChI=1S/C8H12N2S3/c11-7-9-10-8(13-7)12-6-4-2-1-3-5-6/h6H,1-5H2,(H,9,11). The number of H-pyrrole nitrogens is 1. The van der Waals surface area contributed by atoms with Gasteiger partial charge in [-0.05, 0) is 25.1 Å². The van der Waals surface area contributed by atoms with E-state index in [4.69, 9.17) is 12.2 Å². The molecule has 1 N–H and O–H groups in total. The summed E-state index contributed by atoms with van der Waals surface area (Å²) in [6.45, 7) is 0. The van der Waals surface area contributed by atoms with Gasteiger partial charge in [0, 0.05) is 5.25 Å². The van der Waals surface area contributed by atoms with Gasteiger partial charge in [0.05, 0.1) is 0 Å². The van der Waals surface area contributed by atoms with Crippen LogP contribution in [0.15, 0.2) is 4.34 Å². The molecule has 0 radical (unpaired) electrons. The van der Waals surface area contributed by atoms with Crippen molar-refractivity contribution < 1.29 is 0 Å². The minimum atomic E-state index is 0.780. The summed E-state index contributed by atoms with van der Waals surface area (Å²) in [6, 6.07) is 0. The van der Waals surface area contributed by atoms with Crippen molar-refractivity contribution in [3.8, 4) is 0 Å². The maximum Gasteiger partial charge on any atom is 0.177 e. The van der Waals surface area contributed by atoms with Gasteiger partial charge in [0.25, 0.3) is 0 Å². The number of hydrogen-bond donors (Lipinski definition) is 1. The molecular weight excluding hydrogens is 220 g/mol. The molecule has 1 saturated carbocycles. The number of nitrogens with one attached hydrogen (secondary N) is 1. The van der Waals surface area contributed by atoms with E-state index in [2.05, 4.69) is 10.2 Å². The maximum atomic E-state index is 4.99.